The Kier molecular flexibility index (Phi) is 2.21. The van der Waals surface area contributed by atoms with Gasteiger partial charge in [-0.15, -0.1) is 0 Å². The zero-order valence-electron chi connectivity index (χ0n) is 6.15. The number of nitro groups is 1. The Morgan fingerprint density at radius 3 is 2.55 bits per heavy atom. The summed E-state index contributed by atoms with van der Waals surface area (Å²) in [6.07, 6.45) is 1.72. The summed E-state index contributed by atoms with van der Waals surface area (Å²) < 4.78 is 0. The van der Waals surface area contributed by atoms with Gasteiger partial charge in [-0.1, -0.05) is 25.1 Å². The van der Waals surface area contributed by atoms with Gasteiger partial charge in [-0.25, -0.2) is 0 Å². The van der Waals surface area contributed by atoms with Gasteiger partial charge in [0, 0.05) is 11.6 Å². The van der Waals surface area contributed by atoms with E-state index in [-0.39, 0.29) is 10.6 Å². The van der Waals surface area contributed by atoms with Gasteiger partial charge in [-0.2, -0.15) is 0 Å². The van der Waals surface area contributed by atoms with Crippen LogP contribution in [0.2, 0.25) is 0 Å². The molecule has 57 valence electrons. The first-order valence-electron chi connectivity index (χ1n) is 3.28. The van der Waals surface area contributed by atoms with Crippen molar-refractivity contribution in [3.63, 3.8) is 0 Å². The van der Waals surface area contributed by atoms with E-state index in [9.17, 15) is 10.1 Å². The molecule has 0 N–H and O–H groups in total. The van der Waals surface area contributed by atoms with Crippen LogP contribution < -0.4 is 0 Å². The Morgan fingerprint density at radius 1 is 1.45 bits per heavy atom. The van der Waals surface area contributed by atoms with Crippen molar-refractivity contribution >= 4 is 5.69 Å². The molecule has 0 aliphatic carbocycles. The first-order valence-corrected chi connectivity index (χ1v) is 3.28. The molecule has 0 bridgehead atoms. The second kappa shape index (κ2) is 3.14. The number of nitro benzene ring substituents is 1. The lowest BCUT2D eigenvalue weighted by atomic mass is 10.1. The highest BCUT2D eigenvalue weighted by Gasteiger charge is 2.09. The topological polar surface area (TPSA) is 43.1 Å². The van der Waals surface area contributed by atoms with Gasteiger partial charge >= 0.3 is 0 Å². The predicted octanol–water partition coefficient (Wildman–Crippen LogP) is 2.17. The van der Waals surface area contributed by atoms with E-state index in [0.29, 0.717) is 5.56 Å². The van der Waals surface area contributed by atoms with Gasteiger partial charge in [0.15, 0.2) is 0 Å². The van der Waals surface area contributed by atoms with Gasteiger partial charge in [0.25, 0.3) is 5.69 Å². The Hall–Kier alpha value is -1.38. The van der Waals surface area contributed by atoms with Crippen LogP contribution in [0.4, 0.5) is 5.69 Å². The Balaban J connectivity index is 3.12. The Morgan fingerprint density at radius 2 is 2.09 bits per heavy atom. The summed E-state index contributed by atoms with van der Waals surface area (Å²) in [4.78, 5) is 9.99. The number of rotatable bonds is 2. The highest BCUT2D eigenvalue weighted by Crippen LogP contribution is 2.18. The maximum Gasteiger partial charge on any atom is 0.272 e. The molecule has 0 aromatic heterocycles. The molecule has 1 aromatic carbocycles. The molecule has 1 rings (SSSR count). The number of hydrogen-bond acceptors (Lipinski definition) is 2. The zero-order chi connectivity index (χ0) is 8.27. The van der Waals surface area contributed by atoms with Crippen LogP contribution in [0, 0.1) is 16.5 Å². The summed E-state index contributed by atoms with van der Waals surface area (Å²) in [5, 5.41) is 10.4. The fourth-order valence-corrected chi connectivity index (χ4v) is 0.898. The molecule has 11 heavy (non-hydrogen) atoms. The molecule has 0 saturated heterocycles. The van der Waals surface area contributed by atoms with Gasteiger partial charge in [-0.3, -0.25) is 10.1 Å². The molecule has 1 aromatic rings. The molecule has 0 unspecified atom stereocenters. The SMILES string of the molecule is C[CH]c1ccccc1[N+](=O)[O-]. The largest absolute Gasteiger partial charge is 0.272 e. The van der Waals surface area contributed by atoms with Crippen molar-refractivity contribution in [2.45, 2.75) is 6.92 Å². The first kappa shape index (κ1) is 7.72. The van der Waals surface area contributed by atoms with E-state index in [1.807, 2.05) is 0 Å². The molecular weight excluding hydrogens is 142 g/mol. The third-order valence-corrected chi connectivity index (χ3v) is 1.44. The lowest BCUT2D eigenvalue weighted by Gasteiger charge is -1.96. The minimum absolute atomic E-state index is 0.162. The van der Waals surface area contributed by atoms with Crippen molar-refractivity contribution in [2.24, 2.45) is 0 Å². The normalized spacial score (nSPS) is 9.55. The van der Waals surface area contributed by atoms with Crippen molar-refractivity contribution in [3.8, 4) is 0 Å². The molecule has 0 fully saturated rings. The first-order chi connectivity index (χ1) is 5.25. The third-order valence-electron chi connectivity index (χ3n) is 1.44. The molecule has 0 aliphatic rings. The zero-order valence-corrected chi connectivity index (χ0v) is 6.15. The number of hydrogen-bond donors (Lipinski definition) is 0. The predicted molar refractivity (Wildman–Crippen MR) is 42.2 cm³/mol. The summed E-state index contributed by atoms with van der Waals surface area (Å²) in [5.74, 6) is 0. The lowest BCUT2D eigenvalue weighted by Crippen LogP contribution is -1.91. The summed E-state index contributed by atoms with van der Waals surface area (Å²) >= 11 is 0. The molecule has 0 saturated carbocycles. The second-order valence-electron chi connectivity index (χ2n) is 2.10. The second-order valence-corrected chi connectivity index (χ2v) is 2.10. The summed E-state index contributed by atoms with van der Waals surface area (Å²) in [6, 6.07) is 6.65. The van der Waals surface area contributed by atoms with Crippen molar-refractivity contribution < 1.29 is 4.92 Å². The Bertz CT molecular complexity index is 271. The summed E-state index contributed by atoms with van der Waals surface area (Å²) in [5.41, 5.74) is 0.826. The van der Waals surface area contributed by atoms with E-state index >= 15 is 0 Å². The molecule has 3 heteroatoms. The third kappa shape index (κ3) is 1.55. The van der Waals surface area contributed by atoms with Crippen LogP contribution in [0.1, 0.15) is 12.5 Å². The molecule has 0 spiro atoms. The lowest BCUT2D eigenvalue weighted by molar-refractivity contribution is -0.385. The fourth-order valence-electron chi connectivity index (χ4n) is 0.898. The summed E-state index contributed by atoms with van der Waals surface area (Å²) in [6.45, 7) is 1.78. The Labute approximate surface area is 64.8 Å². The maximum atomic E-state index is 10.4. The van der Waals surface area contributed by atoms with Crippen LogP contribution in [0.5, 0.6) is 0 Å². The standard InChI is InChI=1S/C8H8NO2/c1-2-7-5-3-4-6-8(7)9(10)11/h2-6H,1H3. The molecule has 0 heterocycles. The van der Waals surface area contributed by atoms with Crippen LogP contribution in [0.25, 0.3) is 0 Å². The molecular formula is C8H8NO2. The molecule has 0 aliphatic heterocycles. The monoisotopic (exact) mass is 150 g/mol. The van der Waals surface area contributed by atoms with Crippen molar-refractivity contribution in [2.75, 3.05) is 0 Å². The van der Waals surface area contributed by atoms with Gasteiger partial charge < -0.3 is 0 Å². The van der Waals surface area contributed by atoms with Crippen LogP contribution in [-0.4, -0.2) is 4.92 Å². The van der Waals surface area contributed by atoms with Crippen molar-refractivity contribution in [1.29, 1.82) is 0 Å². The highest BCUT2D eigenvalue weighted by atomic mass is 16.6. The van der Waals surface area contributed by atoms with Gasteiger partial charge in [-0.05, 0) is 6.42 Å². The van der Waals surface area contributed by atoms with E-state index in [0.717, 1.165) is 0 Å². The fraction of sp³-hybridized carbons (Fsp3) is 0.125. The van der Waals surface area contributed by atoms with E-state index < -0.39 is 0 Å². The average molecular weight is 150 g/mol. The smallest absolute Gasteiger partial charge is 0.258 e. The summed E-state index contributed by atoms with van der Waals surface area (Å²) in [7, 11) is 0. The van der Waals surface area contributed by atoms with E-state index in [4.69, 9.17) is 0 Å². The van der Waals surface area contributed by atoms with E-state index in [1.54, 1.807) is 31.5 Å². The van der Waals surface area contributed by atoms with Crippen molar-refractivity contribution in [3.05, 3.63) is 46.4 Å². The molecule has 0 atom stereocenters. The van der Waals surface area contributed by atoms with Crippen LogP contribution >= 0.6 is 0 Å². The quantitative estimate of drug-likeness (QED) is 0.479. The maximum absolute atomic E-state index is 10.4. The van der Waals surface area contributed by atoms with Crippen LogP contribution in [-0.2, 0) is 0 Å². The molecule has 1 radical (unpaired) electrons. The number of nitrogens with zero attached hydrogens (tertiary/aromatic N) is 1. The number of benzene rings is 1. The molecule has 3 nitrogen and oxygen atoms in total. The minimum atomic E-state index is -0.380. The van der Waals surface area contributed by atoms with Crippen LogP contribution in [0.15, 0.2) is 24.3 Å². The van der Waals surface area contributed by atoms with E-state index in [1.165, 1.54) is 6.07 Å². The van der Waals surface area contributed by atoms with Gasteiger partial charge in [0.05, 0.1) is 4.92 Å². The molecule has 0 amide bonds. The number of para-hydroxylation sites is 1. The highest BCUT2D eigenvalue weighted by molar-refractivity contribution is 5.43. The van der Waals surface area contributed by atoms with Crippen LogP contribution in [0.3, 0.4) is 0 Å². The van der Waals surface area contributed by atoms with Crippen molar-refractivity contribution in [1.82, 2.24) is 0 Å². The minimum Gasteiger partial charge on any atom is -0.258 e. The average Bonchev–Trinajstić information content (AvgIpc) is 2.04. The van der Waals surface area contributed by atoms with Gasteiger partial charge in [0.2, 0.25) is 0 Å². The van der Waals surface area contributed by atoms with E-state index in [2.05, 4.69) is 0 Å². The van der Waals surface area contributed by atoms with Gasteiger partial charge in [0.1, 0.15) is 0 Å².